The highest BCUT2D eigenvalue weighted by molar-refractivity contribution is 6.30. The number of ether oxygens (including phenoxy) is 1. The number of nitrogens with zero attached hydrogens (tertiary/aromatic N) is 1. The van der Waals surface area contributed by atoms with E-state index in [1.165, 1.54) is 12.1 Å². The summed E-state index contributed by atoms with van der Waals surface area (Å²) in [5.41, 5.74) is 0.321. The van der Waals surface area contributed by atoms with E-state index in [1.807, 2.05) is 0 Å². The number of carbonyl (C=O) groups excluding carboxylic acids is 1. The lowest BCUT2D eigenvalue weighted by Crippen LogP contribution is -2.43. The zero-order valence-corrected chi connectivity index (χ0v) is 15.9. The molecule has 1 amide bonds. The highest BCUT2D eigenvalue weighted by atomic mass is 35.5. The van der Waals surface area contributed by atoms with Crippen LogP contribution in [0.2, 0.25) is 5.02 Å². The summed E-state index contributed by atoms with van der Waals surface area (Å²) in [6.07, 6.45) is 1.81. The van der Waals surface area contributed by atoms with Crippen molar-refractivity contribution in [2.45, 2.75) is 18.9 Å². The number of rotatable bonds is 4. The number of amides is 1. The topological polar surface area (TPSA) is 41.6 Å². The number of hydrogen-bond donors (Lipinski definition) is 1. The van der Waals surface area contributed by atoms with Gasteiger partial charge in [-0.2, -0.15) is 0 Å². The molecular formula is C19H21Cl2FN2O2. The van der Waals surface area contributed by atoms with Gasteiger partial charge in [-0.3, -0.25) is 4.79 Å². The molecule has 2 aromatic rings. The first-order valence-corrected chi connectivity index (χ1v) is 8.63. The van der Waals surface area contributed by atoms with Gasteiger partial charge in [-0.15, -0.1) is 12.4 Å². The predicted octanol–water partition coefficient (Wildman–Crippen LogP) is 4.52. The Morgan fingerprint density at radius 3 is 2.46 bits per heavy atom. The van der Waals surface area contributed by atoms with Crippen LogP contribution in [0.15, 0.2) is 42.5 Å². The fraction of sp³-hybridized carbons (Fsp3) is 0.316. The number of benzene rings is 2. The van der Waals surface area contributed by atoms with Crippen LogP contribution in [0.4, 0.5) is 4.39 Å². The fourth-order valence-electron chi connectivity index (χ4n) is 2.91. The number of nitrogens with one attached hydrogen (secondary N) is 1. The molecule has 1 aliphatic rings. The quantitative estimate of drug-likeness (QED) is 0.822. The van der Waals surface area contributed by atoms with Gasteiger partial charge >= 0.3 is 0 Å². The van der Waals surface area contributed by atoms with Crippen molar-refractivity contribution in [1.29, 1.82) is 0 Å². The fourth-order valence-corrected chi connectivity index (χ4v) is 3.04. The molecule has 4 nitrogen and oxygen atoms in total. The molecule has 0 bridgehead atoms. The SMILES string of the molecule is CN(C(=O)c1ccc(Oc2ccc(Cl)cc2)c(F)c1)C1CCNCC1.Cl. The maximum atomic E-state index is 14.3. The van der Waals surface area contributed by atoms with Crippen LogP contribution < -0.4 is 10.1 Å². The average Bonchev–Trinajstić information content (AvgIpc) is 2.64. The maximum absolute atomic E-state index is 14.3. The Labute approximate surface area is 163 Å². The molecule has 1 aliphatic heterocycles. The molecule has 3 rings (SSSR count). The van der Waals surface area contributed by atoms with E-state index in [0.29, 0.717) is 16.3 Å². The van der Waals surface area contributed by atoms with Crippen LogP contribution >= 0.6 is 24.0 Å². The molecule has 1 heterocycles. The molecule has 7 heteroatoms. The summed E-state index contributed by atoms with van der Waals surface area (Å²) in [5, 5.41) is 3.85. The first-order valence-electron chi connectivity index (χ1n) is 8.25. The molecule has 0 aromatic heterocycles. The van der Waals surface area contributed by atoms with Crippen LogP contribution in [-0.4, -0.2) is 37.0 Å². The summed E-state index contributed by atoms with van der Waals surface area (Å²) in [4.78, 5) is 14.3. The Morgan fingerprint density at radius 1 is 1.19 bits per heavy atom. The van der Waals surface area contributed by atoms with Crippen LogP contribution in [0.3, 0.4) is 0 Å². The molecule has 1 saturated heterocycles. The van der Waals surface area contributed by atoms with Crippen LogP contribution in [0.25, 0.3) is 0 Å². The molecule has 0 atom stereocenters. The normalized spacial score (nSPS) is 14.4. The van der Waals surface area contributed by atoms with Gasteiger partial charge in [0.25, 0.3) is 5.91 Å². The van der Waals surface area contributed by atoms with Gasteiger partial charge in [0.2, 0.25) is 0 Å². The molecule has 140 valence electrons. The number of piperidine rings is 1. The van der Waals surface area contributed by atoms with E-state index in [1.54, 1.807) is 42.3 Å². The van der Waals surface area contributed by atoms with Crippen LogP contribution in [-0.2, 0) is 0 Å². The third-order valence-electron chi connectivity index (χ3n) is 4.40. The van der Waals surface area contributed by atoms with Gasteiger partial charge in [-0.1, -0.05) is 11.6 Å². The van der Waals surface area contributed by atoms with Crippen molar-refractivity contribution in [2.75, 3.05) is 20.1 Å². The molecule has 1 fully saturated rings. The molecule has 0 spiro atoms. The zero-order chi connectivity index (χ0) is 17.8. The zero-order valence-electron chi connectivity index (χ0n) is 14.4. The van der Waals surface area contributed by atoms with Crippen molar-refractivity contribution in [3.63, 3.8) is 0 Å². The van der Waals surface area contributed by atoms with Gasteiger partial charge in [0.05, 0.1) is 0 Å². The monoisotopic (exact) mass is 398 g/mol. The van der Waals surface area contributed by atoms with Crippen molar-refractivity contribution >= 4 is 29.9 Å². The Bertz CT molecular complexity index is 750. The molecular weight excluding hydrogens is 378 g/mol. The van der Waals surface area contributed by atoms with Crippen LogP contribution in [0.5, 0.6) is 11.5 Å². The summed E-state index contributed by atoms with van der Waals surface area (Å²) in [6.45, 7) is 1.79. The van der Waals surface area contributed by atoms with Gasteiger partial charge in [-0.25, -0.2) is 4.39 Å². The molecule has 0 saturated carbocycles. The Morgan fingerprint density at radius 2 is 1.85 bits per heavy atom. The second kappa shape index (κ2) is 9.21. The van der Waals surface area contributed by atoms with Crippen molar-refractivity contribution in [2.24, 2.45) is 0 Å². The lowest BCUT2D eigenvalue weighted by molar-refractivity contribution is 0.0702. The smallest absolute Gasteiger partial charge is 0.253 e. The molecule has 2 aromatic carbocycles. The third-order valence-corrected chi connectivity index (χ3v) is 4.65. The highest BCUT2D eigenvalue weighted by Gasteiger charge is 2.23. The lowest BCUT2D eigenvalue weighted by Gasteiger charge is -2.31. The number of hydrogen-bond acceptors (Lipinski definition) is 3. The van der Waals surface area contributed by atoms with E-state index in [9.17, 15) is 9.18 Å². The Hall–Kier alpha value is -1.82. The summed E-state index contributed by atoms with van der Waals surface area (Å²) in [7, 11) is 1.77. The third kappa shape index (κ3) is 4.87. The summed E-state index contributed by atoms with van der Waals surface area (Å²) in [5.74, 6) is -0.194. The van der Waals surface area contributed by atoms with Gasteiger partial charge in [0.1, 0.15) is 5.75 Å². The Balaban J connectivity index is 0.00000243. The van der Waals surface area contributed by atoms with Crippen LogP contribution in [0, 0.1) is 5.82 Å². The standard InChI is InChI=1S/C19H20ClFN2O2.ClH/c1-23(15-8-10-22-11-9-15)19(24)13-2-7-18(17(21)12-13)25-16-5-3-14(20)4-6-16;/h2-7,12,15,22H,8-11H2,1H3;1H. The van der Waals surface area contributed by atoms with E-state index in [-0.39, 0.29) is 30.1 Å². The number of halogens is 3. The summed E-state index contributed by atoms with van der Waals surface area (Å²) in [6, 6.07) is 11.1. The molecule has 0 aliphatic carbocycles. The summed E-state index contributed by atoms with van der Waals surface area (Å²) < 4.78 is 19.9. The molecule has 0 unspecified atom stereocenters. The van der Waals surface area contributed by atoms with Gasteiger partial charge in [0.15, 0.2) is 11.6 Å². The number of carbonyl (C=O) groups is 1. The van der Waals surface area contributed by atoms with Crippen LogP contribution in [0.1, 0.15) is 23.2 Å². The van der Waals surface area contributed by atoms with Crippen molar-refractivity contribution in [1.82, 2.24) is 10.2 Å². The summed E-state index contributed by atoms with van der Waals surface area (Å²) >= 11 is 5.82. The second-order valence-corrected chi connectivity index (χ2v) is 6.53. The molecule has 0 radical (unpaired) electrons. The van der Waals surface area contributed by atoms with Gasteiger partial charge in [0, 0.05) is 23.7 Å². The predicted molar refractivity (Wildman–Crippen MR) is 103 cm³/mol. The minimum absolute atomic E-state index is 0. The largest absolute Gasteiger partial charge is 0.454 e. The Kier molecular flexibility index (Phi) is 7.26. The van der Waals surface area contributed by atoms with Gasteiger partial charge in [-0.05, 0) is 68.4 Å². The molecule has 1 N–H and O–H groups in total. The van der Waals surface area contributed by atoms with Gasteiger partial charge < -0.3 is 15.0 Å². The van der Waals surface area contributed by atoms with Crippen molar-refractivity contribution < 1.29 is 13.9 Å². The van der Waals surface area contributed by atoms with E-state index in [2.05, 4.69) is 5.32 Å². The first-order chi connectivity index (χ1) is 12.0. The first kappa shape index (κ1) is 20.5. The minimum Gasteiger partial charge on any atom is -0.454 e. The molecule has 26 heavy (non-hydrogen) atoms. The minimum atomic E-state index is -0.570. The second-order valence-electron chi connectivity index (χ2n) is 6.10. The maximum Gasteiger partial charge on any atom is 0.253 e. The highest BCUT2D eigenvalue weighted by Crippen LogP contribution is 2.27. The lowest BCUT2D eigenvalue weighted by atomic mass is 10.0. The van der Waals surface area contributed by atoms with E-state index >= 15 is 0 Å². The van der Waals surface area contributed by atoms with Crippen molar-refractivity contribution in [3.05, 3.63) is 58.9 Å². The van der Waals surface area contributed by atoms with E-state index in [4.69, 9.17) is 16.3 Å². The van der Waals surface area contributed by atoms with E-state index < -0.39 is 5.82 Å². The average molecular weight is 399 g/mol. The van der Waals surface area contributed by atoms with E-state index in [0.717, 1.165) is 25.9 Å². The van der Waals surface area contributed by atoms with Crippen molar-refractivity contribution in [3.8, 4) is 11.5 Å².